The maximum atomic E-state index is 5.45. The maximum absolute atomic E-state index is 5.45. The second-order valence-corrected chi connectivity index (χ2v) is 7.45. The zero-order chi connectivity index (χ0) is 17.1. The highest BCUT2D eigenvalue weighted by Gasteiger charge is 2.20. The Hall–Kier alpha value is -1.66. The zero-order valence-electron chi connectivity index (χ0n) is 15.2. The van der Waals surface area contributed by atoms with Gasteiger partial charge in [0.1, 0.15) is 0 Å². The Labute approximate surface area is 149 Å². The highest BCUT2D eigenvalue weighted by molar-refractivity contribution is 5.56. The minimum absolute atomic E-state index is 0.383. The molecule has 3 heterocycles. The second kappa shape index (κ2) is 7.70. The van der Waals surface area contributed by atoms with Crippen LogP contribution < -0.4 is 0 Å². The number of rotatable bonds is 5. The highest BCUT2D eigenvalue weighted by Crippen LogP contribution is 2.30. The first kappa shape index (κ1) is 16.8. The Morgan fingerprint density at radius 2 is 1.96 bits per heavy atom. The number of ether oxygens (including phenoxy) is 1. The first-order valence-electron chi connectivity index (χ1n) is 9.68. The molecule has 2 fully saturated rings. The van der Waals surface area contributed by atoms with Crippen LogP contribution in [0.25, 0.3) is 11.3 Å². The van der Waals surface area contributed by atoms with Crippen molar-refractivity contribution in [2.45, 2.75) is 51.1 Å². The summed E-state index contributed by atoms with van der Waals surface area (Å²) in [6.45, 7) is 7.03. The quantitative estimate of drug-likeness (QED) is 0.837. The van der Waals surface area contributed by atoms with Crippen LogP contribution in [0.4, 0.5) is 0 Å². The molecular weight excluding hydrogens is 314 g/mol. The number of aromatic nitrogens is 4. The SMILES string of the molecule is CC(CN1CCOCC1)n1cncc1-c1cnn(C2CCCCC2)c1. The molecule has 0 bridgehead atoms. The van der Waals surface area contributed by atoms with Gasteiger partial charge in [-0.2, -0.15) is 5.10 Å². The molecule has 25 heavy (non-hydrogen) atoms. The van der Waals surface area contributed by atoms with Gasteiger partial charge in [0.2, 0.25) is 0 Å². The summed E-state index contributed by atoms with van der Waals surface area (Å²) in [6, 6.07) is 0.957. The molecule has 1 unspecified atom stereocenters. The molecule has 2 aliphatic rings. The third-order valence-corrected chi connectivity index (χ3v) is 5.61. The minimum Gasteiger partial charge on any atom is -0.379 e. The van der Waals surface area contributed by atoms with E-state index in [9.17, 15) is 0 Å². The topological polar surface area (TPSA) is 48.1 Å². The van der Waals surface area contributed by atoms with Crippen LogP contribution >= 0.6 is 0 Å². The van der Waals surface area contributed by atoms with Crippen molar-refractivity contribution < 1.29 is 4.74 Å². The van der Waals surface area contributed by atoms with Crippen molar-refractivity contribution in [2.24, 2.45) is 0 Å². The second-order valence-electron chi connectivity index (χ2n) is 7.45. The van der Waals surface area contributed by atoms with E-state index in [1.54, 1.807) is 0 Å². The van der Waals surface area contributed by atoms with Crippen LogP contribution in [0.5, 0.6) is 0 Å². The molecule has 1 aliphatic carbocycles. The summed E-state index contributed by atoms with van der Waals surface area (Å²) < 4.78 is 9.92. The number of hydrogen-bond donors (Lipinski definition) is 0. The van der Waals surface area contributed by atoms with E-state index in [0.717, 1.165) is 32.8 Å². The van der Waals surface area contributed by atoms with Gasteiger partial charge in [-0.25, -0.2) is 4.98 Å². The smallest absolute Gasteiger partial charge is 0.0953 e. The van der Waals surface area contributed by atoms with Gasteiger partial charge in [-0.3, -0.25) is 9.58 Å². The van der Waals surface area contributed by atoms with Crippen LogP contribution in [0.2, 0.25) is 0 Å². The molecule has 0 radical (unpaired) electrons. The van der Waals surface area contributed by atoms with Gasteiger partial charge in [0.25, 0.3) is 0 Å². The molecule has 1 saturated heterocycles. The van der Waals surface area contributed by atoms with E-state index >= 15 is 0 Å². The fourth-order valence-corrected chi connectivity index (χ4v) is 4.14. The van der Waals surface area contributed by atoms with Gasteiger partial charge in [-0.15, -0.1) is 0 Å². The summed E-state index contributed by atoms with van der Waals surface area (Å²) in [5, 5.41) is 4.66. The zero-order valence-corrected chi connectivity index (χ0v) is 15.2. The lowest BCUT2D eigenvalue weighted by molar-refractivity contribution is 0.0326. The van der Waals surface area contributed by atoms with Crippen molar-refractivity contribution in [1.82, 2.24) is 24.2 Å². The Kier molecular flexibility index (Phi) is 5.17. The summed E-state index contributed by atoms with van der Waals surface area (Å²) in [7, 11) is 0. The van der Waals surface area contributed by atoms with E-state index in [2.05, 4.69) is 37.4 Å². The monoisotopic (exact) mass is 343 g/mol. The van der Waals surface area contributed by atoms with Crippen LogP contribution in [-0.4, -0.2) is 57.1 Å². The van der Waals surface area contributed by atoms with Crippen LogP contribution in [0, 0.1) is 0 Å². The predicted molar refractivity (Wildman–Crippen MR) is 97.5 cm³/mol. The van der Waals surface area contributed by atoms with Crippen molar-refractivity contribution in [3.8, 4) is 11.3 Å². The van der Waals surface area contributed by atoms with Crippen LogP contribution in [-0.2, 0) is 4.74 Å². The molecule has 0 N–H and O–H groups in total. The third-order valence-electron chi connectivity index (χ3n) is 5.61. The lowest BCUT2D eigenvalue weighted by Crippen LogP contribution is -2.39. The molecule has 136 valence electrons. The van der Waals surface area contributed by atoms with E-state index in [0.29, 0.717) is 12.1 Å². The summed E-state index contributed by atoms with van der Waals surface area (Å²) in [5.41, 5.74) is 2.35. The van der Waals surface area contributed by atoms with Gasteiger partial charge in [-0.1, -0.05) is 19.3 Å². The van der Waals surface area contributed by atoms with Gasteiger partial charge in [0, 0.05) is 37.4 Å². The van der Waals surface area contributed by atoms with Gasteiger partial charge in [0.05, 0.1) is 43.7 Å². The average Bonchev–Trinajstić information content (AvgIpc) is 3.32. The van der Waals surface area contributed by atoms with Crippen LogP contribution in [0.1, 0.15) is 51.1 Å². The fraction of sp³-hybridized carbons (Fsp3) is 0.684. The summed E-state index contributed by atoms with van der Waals surface area (Å²) >= 11 is 0. The maximum Gasteiger partial charge on any atom is 0.0953 e. The molecule has 0 amide bonds. The first-order valence-corrected chi connectivity index (χ1v) is 9.68. The highest BCUT2D eigenvalue weighted by atomic mass is 16.5. The van der Waals surface area contributed by atoms with Gasteiger partial charge >= 0.3 is 0 Å². The van der Waals surface area contributed by atoms with E-state index in [1.807, 2.05) is 18.7 Å². The molecule has 6 nitrogen and oxygen atoms in total. The number of imidazole rings is 1. The number of hydrogen-bond acceptors (Lipinski definition) is 4. The van der Waals surface area contributed by atoms with Crippen LogP contribution in [0.15, 0.2) is 24.9 Å². The van der Waals surface area contributed by atoms with Gasteiger partial charge < -0.3 is 9.30 Å². The minimum atomic E-state index is 0.383. The molecule has 1 atom stereocenters. The van der Waals surface area contributed by atoms with Gasteiger partial charge in [-0.05, 0) is 19.8 Å². The van der Waals surface area contributed by atoms with E-state index < -0.39 is 0 Å². The van der Waals surface area contributed by atoms with Crippen molar-refractivity contribution in [2.75, 3.05) is 32.8 Å². The predicted octanol–water partition coefficient (Wildman–Crippen LogP) is 3.15. The standard InChI is InChI=1S/C19H29N5O/c1-16(13-22-7-9-25-10-8-22)23-15-20-12-19(23)17-11-21-24(14-17)18-5-3-2-4-6-18/h11-12,14-16,18H,2-10,13H2,1H3. The van der Waals surface area contributed by atoms with Crippen LogP contribution in [0.3, 0.4) is 0 Å². The molecule has 2 aromatic heterocycles. The van der Waals surface area contributed by atoms with Crippen molar-refractivity contribution >= 4 is 0 Å². The Bertz CT molecular complexity index is 667. The summed E-state index contributed by atoms with van der Waals surface area (Å²) in [6.07, 6.45) is 14.7. The fourth-order valence-electron chi connectivity index (χ4n) is 4.14. The number of morpholine rings is 1. The van der Waals surface area contributed by atoms with E-state index in [-0.39, 0.29) is 0 Å². The van der Waals surface area contributed by atoms with Crippen molar-refractivity contribution in [3.05, 3.63) is 24.9 Å². The molecule has 1 aliphatic heterocycles. The molecule has 0 aromatic carbocycles. The van der Waals surface area contributed by atoms with Gasteiger partial charge in [0.15, 0.2) is 0 Å². The average molecular weight is 343 g/mol. The lowest BCUT2D eigenvalue weighted by Gasteiger charge is -2.30. The summed E-state index contributed by atoms with van der Waals surface area (Å²) in [5.74, 6) is 0. The Morgan fingerprint density at radius 1 is 1.16 bits per heavy atom. The Balaban J connectivity index is 1.48. The number of nitrogens with zero attached hydrogens (tertiary/aromatic N) is 5. The largest absolute Gasteiger partial charge is 0.379 e. The molecule has 6 heteroatoms. The summed E-state index contributed by atoms with van der Waals surface area (Å²) in [4.78, 5) is 6.89. The molecule has 2 aromatic rings. The van der Waals surface area contributed by atoms with E-state index in [1.165, 1.54) is 43.4 Å². The molecule has 0 spiro atoms. The Morgan fingerprint density at radius 3 is 2.76 bits per heavy atom. The molecule has 4 rings (SSSR count). The van der Waals surface area contributed by atoms with Crippen molar-refractivity contribution in [1.29, 1.82) is 0 Å². The molecule has 1 saturated carbocycles. The van der Waals surface area contributed by atoms with Crippen molar-refractivity contribution in [3.63, 3.8) is 0 Å². The normalized spacial score (nSPS) is 21.5. The molecular formula is C19H29N5O. The van der Waals surface area contributed by atoms with E-state index in [4.69, 9.17) is 4.74 Å². The lowest BCUT2D eigenvalue weighted by atomic mass is 9.96. The first-order chi connectivity index (χ1) is 12.3. The third kappa shape index (κ3) is 3.80.